The monoisotopic (exact) mass is 235 g/mol. The third kappa shape index (κ3) is 2.08. The number of hydrogen-bond donors (Lipinski definition) is 1. The first-order chi connectivity index (χ1) is 8.09. The molecule has 0 unspecified atom stereocenters. The summed E-state index contributed by atoms with van der Waals surface area (Å²) in [7, 11) is 1.84. The van der Waals surface area contributed by atoms with Gasteiger partial charge in [0.1, 0.15) is 0 Å². The predicted molar refractivity (Wildman–Crippen MR) is 62.9 cm³/mol. The fourth-order valence-corrected chi connectivity index (χ4v) is 1.64. The van der Waals surface area contributed by atoms with Crippen molar-refractivity contribution in [1.29, 1.82) is 0 Å². The molecule has 0 bridgehead atoms. The molecule has 92 valence electrons. The zero-order valence-electron chi connectivity index (χ0n) is 10.3. The minimum Gasteiger partial charge on any atom is -0.334 e. The van der Waals surface area contributed by atoms with Gasteiger partial charge in [-0.25, -0.2) is 0 Å². The van der Waals surface area contributed by atoms with Crippen molar-refractivity contribution in [1.82, 2.24) is 19.9 Å². The van der Waals surface area contributed by atoms with Crippen LogP contribution in [0.5, 0.6) is 0 Å². The van der Waals surface area contributed by atoms with Gasteiger partial charge in [-0.3, -0.25) is 4.68 Å². The highest BCUT2D eigenvalue weighted by Crippen LogP contribution is 2.25. The van der Waals surface area contributed by atoms with Crippen LogP contribution >= 0.6 is 0 Å². The third-order valence-corrected chi connectivity index (χ3v) is 3.08. The van der Waals surface area contributed by atoms with E-state index in [1.807, 2.05) is 27.1 Å². The summed E-state index contributed by atoms with van der Waals surface area (Å²) in [6.45, 7) is 4.03. The van der Waals surface area contributed by atoms with Crippen molar-refractivity contribution >= 4 is 0 Å². The second-order valence-corrected chi connectivity index (χ2v) is 4.19. The molecule has 0 saturated carbocycles. The van der Waals surface area contributed by atoms with Gasteiger partial charge in [0.15, 0.2) is 5.82 Å². The molecule has 0 fully saturated rings. The molecule has 0 aliphatic carbocycles. The maximum atomic E-state index is 6.21. The van der Waals surface area contributed by atoms with Crippen LogP contribution in [0.25, 0.3) is 11.5 Å². The Morgan fingerprint density at radius 3 is 2.65 bits per heavy atom. The summed E-state index contributed by atoms with van der Waals surface area (Å²) >= 11 is 0. The Balaban J connectivity index is 2.33. The molecule has 0 radical (unpaired) electrons. The third-order valence-electron chi connectivity index (χ3n) is 3.08. The second-order valence-electron chi connectivity index (χ2n) is 4.19. The van der Waals surface area contributed by atoms with E-state index in [-0.39, 0.29) is 0 Å². The fourth-order valence-electron chi connectivity index (χ4n) is 1.64. The summed E-state index contributed by atoms with van der Waals surface area (Å²) < 4.78 is 6.91. The van der Waals surface area contributed by atoms with Crippen molar-refractivity contribution in [2.24, 2.45) is 12.8 Å². The van der Waals surface area contributed by atoms with Gasteiger partial charge in [-0.2, -0.15) is 10.1 Å². The Morgan fingerprint density at radius 1 is 1.41 bits per heavy atom. The molecule has 2 aromatic rings. The zero-order chi connectivity index (χ0) is 12.5. The average molecular weight is 235 g/mol. The predicted octanol–water partition coefficient (Wildman–Crippen LogP) is 1.44. The molecule has 2 aromatic heterocycles. The molecule has 0 aromatic carbocycles. The van der Waals surface area contributed by atoms with E-state index >= 15 is 0 Å². The van der Waals surface area contributed by atoms with Gasteiger partial charge >= 0.3 is 0 Å². The number of aryl methyl sites for hydroxylation is 1. The highest BCUT2D eigenvalue weighted by atomic mass is 16.5. The van der Waals surface area contributed by atoms with E-state index in [2.05, 4.69) is 15.2 Å². The van der Waals surface area contributed by atoms with Gasteiger partial charge in [-0.15, -0.1) is 0 Å². The molecule has 0 amide bonds. The lowest BCUT2D eigenvalue weighted by molar-refractivity contribution is 0.350. The molecular weight excluding hydrogens is 218 g/mol. The summed E-state index contributed by atoms with van der Waals surface area (Å²) in [6, 6.07) is 0. The number of nitrogens with two attached hydrogens (primary N) is 1. The second kappa shape index (κ2) is 4.29. The van der Waals surface area contributed by atoms with E-state index in [1.165, 1.54) is 0 Å². The van der Waals surface area contributed by atoms with Gasteiger partial charge in [-0.05, 0) is 12.8 Å². The van der Waals surface area contributed by atoms with Crippen molar-refractivity contribution in [3.8, 4) is 11.5 Å². The zero-order valence-corrected chi connectivity index (χ0v) is 10.3. The van der Waals surface area contributed by atoms with Crippen LogP contribution in [0, 0.1) is 0 Å². The molecule has 2 N–H and O–H groups in total. The lowest BCUT2D eigenvalue weighted by atomic mass is 9.93. The van der Waals surface area contributed by atoms with Crippen molar-refractivity contribution in [2.45, 2.75) is 32.2 Å². The number of aromatic nitrogens is 4. The van der Waals surface area contributed by atoms with Crippen LogP contribution in [0.3, 0.4) is 0 Å². The first-order valence-electron chi connectivity index (χ1n) is 5.71. The van der Waals surface area contributed by atoms with Crippen LogP contribution in [0.1, 0.15) is 32.5 Å². The molecule has 17 heavy (non-hydrogen) atoms. The van der Waals surface area contributed by atoms with Crippen LogP contribution in [0.2, 0.25) is 0 Å². The van der Waals surface area contributed by atoms with Gasteiger partial charge in [0.05, 0.1) is 17.3 Å². The SMILES string of the molecule is CCC(N)(CC)c1noc(-c2cnn(C)c2)n1. The highest BCUT2D eigenvalue weighted by Gasteiger charge is 2.29. The molecule has 0 atom stereocenters. The summed E-state index contributed by atoms with van der Waals surface area (Å²) in [4.78, 5) is 4.35. The van der Waals surface area contributed by atoms with Gasteiger partial charge in [0.25, 0.3) is 5.89 Å². The molecule has 2 heterocycles. The average Bonchev–Trinajstić information content (AvgIpc) is 2.96. The first-order valence-corrected chi connectivity index (χ1v) is 5.71. The smallest absolute Gasteiger partial charge is 0.261 e. The van der Waals surface area contributed by atoms with Crippen molar-refractivity contribution in [3.63, 3.8) is 0 Å². The summed E-state index contributed by atoms with van der Waals surface area (Å²) in [5, 5.41) is 8.03. The van der Waals surface area contributed by atoms with Crippen molar-refractivity contribution < 1.29 is 4.52 Å². The Kier molecular flexibility index (Phi) is 2.97. The molecular formula is C11H17N5O. The Labute approximate surface area is 99.8 Å². The molecule has 0 spiro atoms. The van der Waals surface area contributed by atoms with Crippen LogP contribution in [0.15, 0.2) is 16.9 Å². The number of hydrogen-bond acceptors (Lipinski definition) is 5. The van der Waals surface area contributed by atoms with Crippen LogP contribution in [-0.4, -0.2) is 19.9 Å². The molecule has 0 saturated heterocycles. The topological polar surface area (TPSA) is 82.8 Å². The normalized spacial score (nSPS) is 12.0. The lowest BCUT2D eigenvalue weighted by Gasteiger charge is -2.21. The van der Waals surface area contributed by atoms with E-state index in [9.17, 15) is 0 Å². The van der Waals surface area contributed by atoms with E-state index in [4.69, 9.17) is 10.3 Å². The quantitative estimate of drug-likeness (QED) is 0.867. The van der Waals surface area contributed by atoms with Crippen LogP contribution in [0.4, 0.5) is 0 Å². The van der Waals surface area contributed by atoms with Gasteiger partial charge in [0, 0.05) is 13.2 Å². The van der Waals surface area contributed by atoms with Gasteiger partial charge in [0.2, 0.25) is 0 Å². The van der Waals surface area contributed by atoms with E-state index in [1.54, 1.807) is 10.9 Å². The number of rotatable bonds is 4. The summed E-state index contributed by atoms with van der Waals surface area (Å²) in [6.07, 6.45) is 5.06. The Morgan fingerprint density at radius 2 is 2.12 bits per heavy atom. The minimum atomic E-state index is -0.510. The van der Waals surface area contributed by atoms with E-state index in [0.29, 0.717) is 11.7 Å². The fraction of sp³-hybridized carbons (Fsp3) is 0.545. The van der Waals surface area contributed by atoms with E-state index < -0.39 is 5.54 Å². The Hall–Kier alpha value is -1.69. The molecule has 6 nitrogen and oxygen atoms in total. The molecule has 6 heteroatoms. The summed E-state index contributed by atoms with van der Waals surface area (Å²) in [5.74, 6) is 1.02. The van der Waals surface area contributed by atoms with Crippen LogP contribution < -0.4 is 5.73 Å². The first kappa shape index (κ1) is 11.8. The Bertz CT molecular complexity index is 497. The molecule has 0 aliphatic heterocycles. The van der Waals surface area contributed by atoms with Crippen LogP contribution in [-0.2, 0) is 12.6 Å². The standard InChI is InChI=1S/C11H17N5O/c1-4-11(12,5-2)10-14-9(17-15-10)8-6-13-16(3)7-8/h6-7H,4-5,12H2,1-3H3. The van der Waals surface area contributed by atoms with Gasteiger partial charge in [-0.1, -0.05) is 19.0 Å². The highest BCUT2D eigenvalue weighted by molar-refractivity contribution is 5.49. The largest absolute Gasteiger partial charge is 0.334 e. The minimum absolute atomic E-state index is 0.463. The van der Waals surface area contributed by atoms with Crippen molar-refractivity contribution in [3.05, 3.63) is 18.2 Å². The van der Waals surface area contributed by atoms with Crippen molar-refractivity contribution in [2.75, 3.05) is 0 Å². The summed E-state index contributed by atoms with van der Waals surface area (Å²) in [5.41, 5.74) is 6.51. The maximum Gasteiger partial charge on any atom is 0.261 e. The lowest BCUT2D eigenvalue weighted by Crippen LogP contribution is -2.36. The van der Waals surface area contributed by atoms with Gasteiger partial charge < -0.3 is 10.3 Å². The number of nitrogens with zero attached hydrogens (tertiary/aromatic N) is 4. The maximum absolute atomic E-state index is 6.21. The molecule has 2 rings (SSSR count). The molecule has 0 aliphatic rings. The van der Waals surface area contributed by atoms with E-state index in [0.717, 1.165) is 18.4 Å².